The zero-order chi connectivity index (χ0) is 13.2. The summed E-state index contributed by atoms with van der Waals surface area (Å²) in [4.78, 5) is 0. The Bertz CT molecular complexity index is 502. The van der Waals surface area contributed by atoms with E-state index in [4.69, 9.17) is 0 Å². The van der Waals surface area contributed by atoms with Crippen molar-refractivity contribution in [2.45, 2.75) is 19.1 Å². The van der Waals surface area contributed by atoms with Crippen molar-refractivity contribution in [3.8, 4) is 5.75 Å². The zero-order valence-electron chi connectivity index (χ0n) is 9.47. The Morgan fingerprint density at radius 1 is 1.28 bits per heavy atom. The van der Waals surface area contributed by atoms with Gasteiger partial charge in [0.25, 0.3) is 0 Å². The Labute approximate surface area is 104 Å². The molecular formula is C11H13F2NO3S. The van der Waals surface area contributed by atoms with Gasteiger partial charge >= 0.3 is 6.61 Å². The molecule has 1 fully saturated rings. The highest BCUT2D eigenvalue weighted by atomic mass is 32.2. The lowest BCUT2D eigenvalue weighted by atomic mass is 10.2. The molecule has 1 aromatic rings. The van der Waals surface area contributed by atoms with Crippen LogP contribution >= 0.6 is 0 Å². The summed E-state index contributed by atoms with van der Waals surface area (Å²) in [6.07, 6.45) is 0.567. The Kier molecular flexibility index (Phi) is 3.70. The van der Waals surface area contributed by atoms with Crippen molar-refractivity contribution < 1.29 is 21.9 Å². The second-order valence-electron chi connectivity index (χ2n) is 4.15. The summed E-state index contributed by atoms with van der Waals surface area (Å²) >= 11 is 0. The smallest absolute Gasteiger partial charge is 0.387 e. The van der Waals surface area contributed by atoms with Gasteiger partial charge in [-0.05, 0) is 30.7 Å². The van der Waals surface area contributed by atoms with Crippen LogP contribution in [0.5, 0.6) is 5.75 Å². The fraction of sp³-hybridized carbons (Fsp3) is 0.455. The normalized spacial score (nSPS) is 22.1. The Morgan fingerprint density at radius 3 is 2.44 bits per heavy atom. The summed E-state index contributed by atoms with van der Waals surface area (Å²) in [6, 6.07) is 5.89. The summed E-state index contributed by atoms with van der Waals surface area (Å²) in [6.45, 7) is -2.84. The molecule has 1 aliphatic rings. The maximum Gasteiger partial charge on any atom is 0.387 e. The summed E-state index contributed by atoms with van der Waals surface area (Å²) in [7, 11) is -2.93. The second kappa shape index (κ2) is 5.09. The summed E-state index contributed by atoms with van der Waals surface area (Å²) < 4.78 is 50.6. The van der Waals surface area contributed by atoms with Crippen molar-refractivity contribution in [2.24, 2.45) is 0 Å². The first-order valence-electron chi connectivity index (χ1n) is 5.46. The van der Waals surface area contributed by atoms with Gasteiger partial charge < -0.3 is 10.1 Å². The van der Waals surface area contributed by atoms with Crippen molar-refractivity contribution >= 4 is 15.5 Å². The van der Waals surface area contributed by atoms with E-state index in [2.05, 4.69) is 10.1 Å². The number of anilines is 1. The van der Waals surface area contributed by atoms with Gasteiger partial charge in [0.05, 0.1) is 11.5 Å². The van der Waals surface area contributed by atoms with Crippen LogP contribution in [0.3, 0.4) is 0 Å². The standard InChI is InChI=1S/C11H13F2NO3S/c12-11(13)17-10-3-1-8(2-4-10)14-9-5-6-18(15,16)7-9/h1-4,9,11,14H,5-7H2. The number of nitrogens with one attached hydrogen (secondary N) is 1. The lowest BCUT2D eigenvalue weighted by molar-refractivity contribution is -0.0498. The van der Waals surface area contributed by atoms with Gasteiger partial charge in [-0.25, -0.2) is 8.42 Å². The monoisotopic (exact) mass is 277 g/mol. The van der Waals surface area contributed by atoms with Crippen LogP contribution in [0.25, 0.3) is 0 Å². The number of ether oxygens (including phenoxy) is 1. The minimum absolute atomic E-state index is 0.0783. The Morgan fingerprint density at radius 2 is 1.94 bits per heavy atom. The molecule has 1 heterocycles. The molecular weight excluding hydrogens is 264 g/mol. The molecule has 1 saturated heterocycles. The van der Waals surface area contributed by atoms with Crippen LogP contribution in [-0.4, -0.2) is 32.6 Å². The van der Waals surface area contributed by atoms with Crippen molar-refractivity contribution in [3.05, 3.63) is 24.3 Å². The van der Waals surface area contributed by atoms with Gasteiger partial charge in [0.2, 0.25) is 0 Å². The van der Waals surface area contributed by atoms with Crippen LogP contribution in [0.2, 0.25) is 0 Å². The highest BCUT2D eigenvalue weighted by Crippen LogP contribution is 2.21. The molecule has 18 heavy (non-hydrogen) atoms. The van der Waals surface area contributed by atoms with E-state index in [-0.39, 0.29) is 23.3 Å². The van der Waals surface area contributed by atoms with Gasteiger partial charge in [-0.15, -0.1) is 0 Å². The van der Waals surface area contributed by atoms with Crippen molar-refractivity contribution in [1.82, 2.24) is 0 Å². The fourth-order valence-electron chi connectivity index (χ4n) is 1.88. The largest absolute Gasteiger partial charge is 0.435 e. The third kappa shape index (κ3) is 3.56. The molecule has 0 bridgehead atoms. The predicted octanol–water partition coefficient (Wildman–Crippen LogP) is 1.89. The van der Waals surface area contributed by atoms with Crippen LogP contribution in [0.1, 0.15) is 6.42 Å². The van der Waals surface area contributed by atoms with Crippen molar-refractivity contribution in [3.63, 3.8) is 0 Å². The van der Waals surface area contributed by atoms with Crippen molar-refractivity contribution in [1.29, 1.82) is 0 Å². The summed E-state index contributed by atoms with van der Waals surface area (Å²) in [5.41, 5.74) is 0.693. The minimum atomic E-state index is -2.93. The van der Waals surface area contributed by atoms with Gasteiger partial charge in [-0.1, -0.05) is 0 Å². The molecule has 0 radical (unpaired) electrons. The number of sulfone groups is 1. The molecule has 4 nitrogen and oxygen atoms in total. The number of hydrogen-bond donors (Lipinski definition) is 1. The molecule has 1 atom stereocenters. The lowest BCUT2D eigenvalue weighted by Crippen LogP contribution is -2.20. The first kappa shape index (κ1) is 13.1. The van der Waals surface area contributed by atoms with Gasteiger partial charge in [-0.3, -0.25) is 0 Å². The number of halogens is 2. The first-order chi connectivity index (χ1) is 8.44. The molecule has 0 saturated carbocycles. The van der Waals surface area contributed by atoms with E-state index >= 15 is 0 Å². The predicted molar refractivity (Wildman–Crippen MR) is 63.8 cm³/mol. The highest BCUT2D eigenvalue weighted by molar-refractivity contribution is 7.91. The van der Waals surface area contributed by atoms with E-state index in [0.717, 1.165) is 0 Å². The SMILES string of the molecule is O=S1(=O)CCC(Nc2ccc(OC(F)F)cc2)C1. The molecule has 1 unspecified atom stereocenters. The van der Waals surface area contributed by atoms with Crippen LogP contribution < -0.4 is 10.1 Å². The zero-order valence-corrected chi connectivity index (χ0v) is 10.3. The average Bonchev–Trinajstić information content (AvgIpc) is 2.60. The fourth-order valence-corrected chi connectivity index (χ4v) is 3.55. The number of alkyl halides is 2. The molecule has 0 aliphatic carbocycles. The van der Waals surface area contributed by atoms with E-state index in [1.807, 2.05) is 0 Å². The molecule has 0 spiro atoms. The van der Waals surface area contributed by atoms with E-state index in [0.29, 0.717) is 12.1 Å². The van der Waals surface area contributed by atoms with Gasteiger partial charge in [-0.2, -0.15) is 8.78 Å². The van der Waals surface area contributed by atoms with Crippen LogP contribution in [-0.2, 0) is 9.84 Å². The summed E-state index contributed by atoms with van der Waals surface area (Å²) in [5.74, 6) is 0.383. The van der Waals surface area contributed by atoms with E-state index in [9.17, 15) is 17.2 Å². The number of rotatable bonds is 4. The maximum absolute atomic E-state index is 11.9. The van der Waals surface area contributed by atoms with E-state index < -0.39 is 16.4 Å². The van der Waals surface area contributed by atoms with Crippen LogP contribution in [0.15, 0.2) is 24.3 Å². The molecule has 2 rings (SSSR count). The minimum Gasteiger partial charge on any atom is -0.435 e. The molecule has 1 aliphatic heterocycles. The molecule has 1 N–H and O–H groups in total. The lowest BCUT2D eigenvalue weighted by Gasteiger charge is -2.12. The first-order valence-corrected chi connectivity index (χ1v) is 7.28. The number of hydrogen-bond acceptors (Lipinski definition) is 4. The molecule has 7 heteroatoms. The number of benzene rings is 1. The van der Waals surface area contributed by atoms with Crippen LogP contribution in [0, 0.1) is 0 Å². The third-order valence-corrected chi connectivity index (χ3v) is 4.45. The average molecular weight is 277 g/mol. The Balaban J connectivity index is 1.95. The molecule has 0 aromatic heterocycles. The Hall–Kier alpha value is -1.37. The summed E-state index contributed by atoms with van der Waals surface area (Å²) in [5, 5.41) is 3.05. The van der Waals surface area contributed by atoms with Crippen LogP contribution in [0.4, 0.5) is 14.5 Å². The van der Waals surface area contributed by atoms with Gasteiger partial charge in [0.15, 0.2) is 9.84 Å². The van der Waals surface area contributed by atoms with Gasteiger partial charge in [0.1, 0.15) is 5.75 Å². The quantitative estimate of drug-likeness (QED) is 0.913. The molecule has 1 aromatic carbocycles. The van der Waals surface area contributed by atoms with Gasteiger partial charge in [0, 0.05) is 11.7 Å². The maximum atomic E-state index is 11.9. The molecule has 0 amide bonds. The van der Waals surface area contributed by atoms with E-state index in [1.165, 1.54) is 12.1 Å². The van der Waals surface area contributed by atoms with E-state index in [1.54, 1.807) is 12.1 Å². The highest BCUT2D eigenvalue weighted by Gasteiger charge is 2.27. The second-order valence-corrected chi connectivity index (χ2v) is 6.38. The molecule has 100 valence electrons. The third-order valence-electron chi connectivity index (χ3n) is 2.68. The topological polar surface area (TPSA) is 55.4 Å². The van der Waals surface area contributed by atoms with Crippen molar-refractivity contribution in [2.75, 3.05) is 16.8 Å².